The highest BCUT2D eigenvalue weighted by Gasteiger charge is 2.06. The van der Waals surface area contributed by atoms with E-state index in [-0.39, 0.29) is 5.56 Å². The summed E-state index contributed by atoms with van der Waals surface area (Å²) in [7, 11) is 0. The summed E-state index contributed by atoms with van der Waals surface area (Å²) < 4.78 is 1.66. The number of hydrogen-bond acceptors (Lipinski definition) is 2. The van der Waals surface area contributed by atoms with Crippen molar-refractivity contribution in [2.24, 2.45) is 5.73 Å². The Hall–Kier alpha value is -1.94. The predicted molar refractivity (Wildman–Crippen MR) is 76.9 cm³/mol. The van der Waals surface area contributed by atoms with Crippen LogP contribution in [-0.2, 0) is 6.54 Å². The molecule has 1 heterocycles. The second-order valence-electron chi connectivity index (χ2n) is 4.15. The SMILES string of the molecule is Cc1cccn(Cc2ccccc2C(N)=S)c1=O. The zero-order valence-electron chi connectivity index (χ0n) is 10.1. The smallest absolute Gasteiger partial charge is 0.253 e. The van der Waals surface area contributed by atoms with Crippen molar-refractivity contribution in [2.75, 3.05) is 0 Å². The van der Waals surface area contributed by atoms with Crippen LogP contribution >= 0.6 is 12.2 Å². The van der Waals surface area contributed by atoms with Gasteiger partial charge in [0.05, 0.1) is 6.54 Å². The fourth-order valence-corrected chi connectivity index (χ4v) is 2.06. The van der Waals surface area contributed by atoms with Gasteiger partial charge in [0.15, 0.2) is 0 Å². The van der Waals surface area contributed by atoms with Crippen molar-refractivity contribution in [3.63, 3.8) is 0 Å². The summed E-state index contributed by atoms with van der Waals surface area (Å²) in [5, 5.41) is 0. The molecule has 0 fully saturated rings. The molecule has 2 rings (SSSR count). The van der Waals surface area contributed by atoms with Crippen LogP contribution in [0.25, 0.3) is 0 Å². The minimum Gasteiger partial charge on any atom is -0.389 e. The van der Waals surface area contributed by atoms with Crippen molar-refractivity contribution in [2.45, 2.75) is 13.5 Å². The number of nitrogens with zero attached hydrogens (tertiary/aromatic N) is 1. The van der Waals surface area contributed by atoms with E-state index in [1.165, 1.54) is 0 Å². The number of aryl methyl sites for hydroxylation is 1. The molecule has 0 aliphatic rings. The maximum Gasteiger partial charge on any atom is 0.253 e. The molecule has 0 atom stereocenters. The van der Waals surface area contributed by atoms with E-state index in [1.807, 2.05) is 30.3 Å². The van der Waals surface area contributed by atoms with Crippen molar-refractivity contribution in [3.05, 3.63) is 69.6 Å². The number of hydrogen-bond donors (Lipinski definition) is 1. The first-order valence-corrected chi connectivity index (χ1v) is 6.04. The molecule has 0 bridgehead atoms. The highest BCUT2D eigenvalue weighted by atomic mass is 32.1. The molecule has 0 saturated heterocycles. The maximum absolute atomic E-state index is 12.0. The topological polar surface area (TPSA) is 48.0 Å². The second-order valence-corrected chi connectivity index (χ2v) is 4.59. The molecule has 3 nitrogen and oxygen atoms in total. The highest BCUT2D eigenvalue weighted by molar-refractivity contribution is 7.80. The second kappa shape index (κ2) is 5.14. The lowest BCUT2D eigenvalue weighted by Gasteiger charge is -2.10. The van der Waals surface area contributed by atoms with Gasteiger partial charge in [-0.2, -0.15) is 0 Å². The van der Waals surface area contributed by atoms with Crippen molar-refractivity contribution >= 4 is 17.2 Å². The minimum atomic E-state index is 0.00948. The fourth-order valence-electron chi connectivity index (χ4n) is 1.86. The molecule has 0 unspecified atom stereocenters. The monoisotopic (exact) mass is 258 g/mol. The summed E-state index contributed by atoms with van der Waals surface area (Å²) in [5.41, 5.74) is 8.19. The summed E-state index contributed by atoms with van der Waals surface area (Å²) >= 11 is 5.01. The summed E-state index contributed by atoms with van der Waals surface area (Å²) in [4.78, 5) is 12.3. The van der Waals surface area contributed by atoms with E-state index in [1.54, 1.807) is 23.8 Å². The quantitative estimate of drug-likeness (QED) is 0.855. The lowest BCUT2D eigenvalue weighted by atomic mass is 10.1. The Morgan fingerprint density at radius 3 is 2.72 bits per heavy atom. The lowest BCUT2D eigenvalue weighted by Crippen LogP contribution is -2.23. The van der Waals surface area contributed by atoms with Gasteiger partial charge in [-0.15, -0.1) is 0 Å². The molecule has 4 heteroatoms. The minimum absolute atomic E-state index is 0.00948. The summed E-state index contributed by atoms with van der Waals surface area (Å²) in [5.74, 6) is 0. The molecule has 0 aliphatic carbocycles. The van der Waals surface area contributed by atoms with Crippen LogP contribution in [0, 0.1) is 6.92 Å². The Bertz CT molecular complexity index is 646. The number of thiocarbonyl (C=S) groups is 1. The van der Waals surface area contributed by atoms with E-state index in [2.05, 4.69) is 0 Å². The van der Waals surface area contributed by atoms with E-state index < -0.39 is 0 Å². The third-order valence-corrected chi connectivity index (χ3v) is 3.05. The Labute approximate surface area is 111 Å². The first kappa shape index (κ1) is 12.5. The zero-order valence-corrected chi connectivity index (χ0v) is 10.9. The van der Waals surface area contributed by atoms with E-state index in [0.29, 0.717) is 11.5 Å². The molecule has 1 aromatic heterocycles. The Morgan fingerprint density at radius 1 is 1.28 bits per heavy atom. The molecular weight excluding hydrogens is 244 g/mol. The van der Waals surface area contributed by atoms with Gasteiger partial charge in [-0.25, -0.2) is 0 Å². The van der Waals surface area contributed by atoms with Crippen molar-refractivity contribution in [3.8, 4) is 0 Å². The Kier molecular flexibility index (Phi) is 3.58. The van der Waals surface area contributed by atoms with Crippen LogP contribution in [0.1, 0.15) is 16.7 Å². The average molecular weight is 258 g/mol. The Morgan fingerprint density at radius 2 is 2.00 bits per heavy atom. The number of rotatable bonds is 3. The third-order valence-electron chi connectivity index (χ3n) is 2.83. The molecule has 0 radical (unpaired) electrons. The molecule has 0 aliphatic heterocycles. The molecule has 2 aromatic rings. The standard InChI is InChI=1S/C14H14N2OS/c1-10-5-4-8-16(14(10)17)9-11-6-2-3-7-12(11)13(15)18/h2-8H,9H2,1H3,(H2,15,18). The fraction of sp³-hybridized carbons (Fsp3) is 0.143. The van der Waals surface area contributed by atoms with Gasteiger partial charge in [-0.05, 0) is 18.6 Å². The first-order valence-electron chi connectivity index (χ1n) is 5.63. The highest BCUT2D eigenvalue weighted by Crippen LogP contribution is 2.09. The largest absolute Gasteiger partial charge is 0.389 e. The van der Waals surface area contributed by atoms with Gasteiger partial charge in [0, 0.05) is 17.3 Å². The normalized spacial score (nSPS) is 10.3. The number of pyridine rings is 1. The van der Waals surface area contributed by atoms with Crippen molar-refractivity contribution in [1.82, 2.24) is 4.57 Å². The molecule has 0 amide bonds. The van der Waals surface area contributed by atoms with Gasteiger partial charge >= 0.3 is 0 Å². The van der Waals surface area contributed by atoms with Crippen molar-refractivity contribution < 1.29 is 0 Å². The summed E-state index contributed by atoms with van der Waals surface area (Å²) in [6.07, 6.45) is 1.77. The molecule has 0 saturated carbocycles. The van der Waals surface area contributed by atoms with Crippen LogP contribution in [0.3, 0.4) is 0 Å². The van der Waals surface area contributed by atoms with E-state index in [9.17, 15) is 4.79 Å². The van der Waals surface area contributed by atoms with E-state index in [4.69, 9.17) is 18.0 Å². The molecule has 92 valence electrons. The van der Waals surface area contributed by atoms with E-state index in [0.717, 1.165) is 16.7 Å². The van der Waals surface area contributed by atoms with Gasteiger partial charge in [0.1, 0.15) is 4.99 Å². The van der Waals surface area contributed by atoms with Crippen LogP contribution in [0.4, 0.5) is 0 Å². The third kappa shape index (κ3) is 2.49. The number of nitrogens with two attached hydrogens (primary N) is 1. The van der Waals surface area contributed by atoms with Crippen LogP contribution in [0.5, 0.6) is 0 Å². The van der Waals surface area contributed by atoms with Crippen LogP contribution in [0.2, 0.25) is 0 Å². The molecular formula is C14H14N2OS. The van der Waals surface area contributed by atoms with E-state index >= 15 is 0 Å². The van der Waals surface area contributed by atoms with Crippen LogP contribution in [0.15, 0.2) is 47.4 Å². The van der Waals surface area contributed by atoms with Gasteiger partial charge in [0.25, 0.3) is 5.56 Å². The van der Waals surface area contributed by atoms with Gasteiger partial charge < -0.3 is 10.3 Å². The van der Waals surface area contributed by atoms with Gasteiger partial charge in [0.2, 0.25) is 0 Å². The Balaban J connectivity index is 2.44. The lowest BCUT2D eigenvalue weighted by molar-refractivity contribution is 0.751. The summed E-state index contributed by atoms with van der Waals surface area (Å²) in [6, 6.07) is 11.3. The zero-order chi connectivity index (χ0) is 13.1. The number of aromatic nitrogens is 1. The molecule has 2 N–H and O–H groups in total. The molecule has 0 spiro atoms. The van der Waals surface area contributed by atoms with Gasteiger partial charge in [-0.3, -0.25) is 4.79 Å². The summed E-state index contributed by atoms with van der Waals surface area (Å²) in [6.45, 7) is 2.28. The predicted octanol–water partition coefficient (Wildman–Crippen LogP) is 1.84. The number of benzene rings is 1. The first-order chi connectivity index (χ1) is 8.59. The van der Waals surface area contributed by atoms with Gasteiger partial charge in [-0.1, -0.05) is 42.5 Å². The van der Waals surface area contributed by atoms with Crippen molar-refractivity contribution in [1.29, 1.82) is 0 Å². The van der Waals surface area contributed by atoms with Crippen LogP contribution in [-0.4, -0.2) is 9.56 Å². The average Bonchev–Trinajstić information content (AvgIpc) is 2.35. The van der Waals surface area contributed by atoms with Crippen LogP contribution < -0.4 is 11.3 Å². The molecule has 18 heavy (non-hydrogen) atoms. The molecule has 1 aromatic carbocycles. The maximum atomic E-state index is 12.0.